The highest BCUT2D eigenvalue weighted by Crippen LogP contribution is 2.25. The van der Waals surface area contributed by atoms with Gasteiger partial charge in [0.2, 0.25) is 0 Å². The first-order valence-electron chi connectivity index (χ1n) is 7.64. The van der Waals surface area contributed by atoms with E-state index in [0.29, 0.717) is 6.04 Å². The van der Waals surface area contributed by atoms with E-state index in [9.17, 15) is 0 Å². The van der Waals surface area contributed by atoms with Crippen LogP contribution in [-0.2, 0) is 13.1 Å². The van der Waals surface area contributed by atoms with E-state index in [1.807, 2.05) is 23.1 Å². The highest BCUT2D eigenvalue weighted by atomic mass is 32.2. The fourth-order valence-electron chi connectivity index (χ4n) is 2.51. The van der Waals surface area contributed by atoms with Crippen molar-refractivity contribution in [3.8, 4) is 0 Å². The van der Waals surface area contributed by atoms with Crippen LogP contribution in [0.3, 0.4) is 0 Å². The Morgan fingerprint density at radius 3 is 2.85 bits per heavy atom. The van der Waals surface area contributed by atoms with E-state index in [-0.39, 0.29) is 0 Å². The molecule has 1 heterocycles. The Labute approximate surface area is 132 Å². The monoisotopic (exact) mass is 312 g/mol. The van der Waals surface area contributed by atoms with Crippen molar-refractivity contribution in [3.05, 3.63) is 21.4 Å². The molecule has 1 unspecified atom stereocenters. The Morgan fingerprint density at radius 2 is 2.25 bits per heavy atom. The summed E-state index contributed by atoms with van der Waals surface area (Å²) in [6.07, 6.45) is 6.17. The molecule has 0 aliphatic heterocycles. The number of thioether (sulfide) groups is 1. The Bertz CT molecular complexity index is 413. The summed E-state index contributed by atoms with van der Waals surface area (Å²) in [6.45, 7) is 6.71. The van der Waals surface area contributed by atoms with Gasteiger partial charge in [-0.2, -0.15) is 11.8 Å². The number of hydrogen-bond donors (Lipinski definition) is 1. The third-order valence-electron chi connectivity index (χ3n) is 4.09. The summed E-state index contributed by atoms with van der Waals surface area (Å²) in [6, 6.07) is 3.91. The van der Waals surface area contributed by atoms with Crippen molar-refractivity contribution >= 4 is 23.1 Å². The van der Waals surface area contributed by atoms with E-state index in [2.05, 4.69) is 43.4 Å². The first kappa shape index (κ1) is 16.3. The van der Waals surface area contributed by atoms with Crippen LogP contribution in [-0.4, -0.2) is 36.0 Å². The van der Waals surface area contributed by atoms with E-state index in [1.165, 1.54) is 40.3 Å². The summed E-state index contributed by atoms with van der Waals surface area (Å²) in [5.74, 6) is 1.23. The molecule has 1 aliphatic carbocycles. The largest absolute Gasteiger partial charge is 0.309 e. The minimum Gasteiger partial charge on any atom is -0.309 e. The number of rotatable bonds is 9. The van der Waals surface area contributed by atoms with Crippen molar-refractivity contribution in [1.82, 2.24) is 10.2 Å². The highest BCUT2D eigenvalue weighted by Gasteiger charge is 2.21. The molecule has 0 bridgehead atoms. The van der Waals surface area contributed by atoms with Gasteiger partial charge in [0.05, 0.1) is 0 Å². The lowest BCUT2D eigenvalue weighted by molar-refractivity contribution is 0.248. The van der Waals surface area contributed by atoms with Gasteiger partial charge in [0.1, 0.15) is 0 Å². The van der Waals surface area contributed by atoms with E-state index in [1.54, 1.807) is 0 Å². The number of nitrogens with zero attached hydrogens (tertiary/aromatic N) is 1. The molecule has 0 radical (unpaired) electrons. The second-order valence-electron chi connectivity index (χ2n) is 5.88. The molecule has 1 aliphatic rings. The fourth-order valence-corrected chi connectivity index (χ4v) is 4.39. The zero-order valence-corrected chi connectivity index (χ0v) is 14.9. The van der Waals surface area contributed by atoms with Crippen molar-refractivity contribution in [1.29, 1.82) is 0 Å². The van der Waals surface area contributed by atoms with Crippen molar-refractivity contribution in [3.63, 3.8) is 0 Å². The van der Waals surface area contributed by atoms with Gasteiger partial charge in [0, 0.05) is 40.7 Å². The SMILES string of the molecule is CCC(CSC)N(C)Cc1cc(CNC2CC2)sc1C. The van der Waals surface area contributed by atoms with Crippen molar-refractivity contribution in [2.24, 2.45) is 0 Å². The van der Waals surface area contributed by atoms with Gasteiger partial charge in [0.25, 0.3) is 0 Å². The maximum absolute atomic E-state index is 3.61. The van der Waals surface area contributed by atoms with Crippen LogP contribution in [0.1, 0.15) is 41.5 Å². The highest BCUT2D eigenvalue weighted by molar-refractivity contribution is 7.98. The minimum absolute atomic E-state index is 0.692. The zero-order valence-electron chi connectivity index (χ0n) is 13.2. The molecule has 0 aromatic carbocycles. The van der Waals surface area contributed by atoms with Crippen LogP contribution in [0.4, 0.5) is 0 Å². The lowest BCUT2D eigenvalue weighted by Gasteiger charge is -2.26. The predicted molar refractivity (Wildman–Crippen MR) is 92.8 cm³/mol. The molecular formula is C16H28N2S2. The van der Waals surface area contributed by atoms with Gasteiger partial charge in [-0.25, -0.2) is 0 Å². The quantitative estimate of drug-likeness (QED) is 0.745. The number of aryl methyl sites for hydroxylation is 1. The van der Waals surface area contributed by atoms with Gasteiger partial charge >= 0.3 is 0 Å². The molecule has 0 spiro atoms. The Balaban J connectivity index is 1.90. The average Bonchev–Trinajstić information content (AvgIpc) is 3.19. The van der Waals surface area contributed by atoms with E-state index >= 15 is 0 Å². The van der Waals surface area contributed by atoms with Crippen LogP contribution in [0, 0.1) is 6.92 Å². The molecule has 1 aromatic rings. The molecule has 0 saturated heterocycles. The summed E-state index contributed by atoms with van der Waals surface area (Å²) in [7, 11) is 2.27. The van der Waals surface area contributed by atoms with Gasteiger partial charge in [-0.3, -0.25) is 4.90 Å². The zero-order chi connectivity index (χ0) is 14.5. The van der Waals surface area contributed by atoms with Gasteiger partial charge in [-0.1, -0.05) is 6.92 Å². The molecule has 1 atom stereocenters. The number of hydrogen-bond acceptors (Lipinski definition) is 4. The minimum atomic E-state index is 0.692. The van der Waals surface area contributed by atoms with Gasteiger partial charge in [-0.05, 0) is 51.1 Å². The Morgan fingerprint density at radius 1 is 1.50 bits per heavy atom. The average molecular weight is 313 g/mol. The predicted octanol–water partition coefficient (Wildman–Crippen LogP) is 3.88. The number of nitrogens with one attached hydrogen (secondary N) is 1. The summed E-state index contributed by atoms with van der Waals surface area (Å²) in [5.41, 5.74) is 1.52. The maximum Gasteiger partial charge on any atom is 0.0302 e. The molecule has 20 heavy (non-hydrogen) atoms. The van der Waals surface area contributed by atoms with Crippen molar-refractivity contribution in [2.75, 3.05) is 19.1 Å². The Hall–Kier alpha value is -0.0300. The van der Waals surface area contributed by atoms with Crippen molar-refractivity contribution < 1.29 is 0 Å². The lowest BCUT2D eigenvalue weighted by Crippen LogP contribution is -2.32. The normalized spacial score (nSPS) is 16.9. The molecule has 1 N–H and O–H groups in total. The summed E-state index contributed by atoms with van der Waals surface area (Å²) in [5, 5.41) is 3.61. The molecule has 0 amide bonds. The molecule has 4 heteroatoms. The first-order valence-corrected chi connectivity index (χ1v) is 9.85. The Kier molecular flexibility index (Phi) is 6.40. The number of thiophene rings is 1. The summed E-state index contributed by atoms with van der Waals surface area (Å²) >= 11 is 3.92. The molecule has 1 aromatic heterocycles. The van der Waals surface area contributed by atoms with Gasteiger partial charge < -0.3 is 5.32 Å². The molecular weight excluding hydrogens is 284 g/mol. The summed E-state index contributed by atoms with van der Waals surface area (Å²) in [4.78, 5) is 5.50. The van der Waals surface area contributed by atoms with Gasteiger partial charge in [0.15, 0.2) is 0 Å². The molecule has 1 fully saturated rings. The molecule has 2 rings (SSSR count). The van der Waals surface area contributed by atoms with Crippen LogP contribution in [0.25, 0.3) is 0 Å². The molecule has 2 nitrogen and oxygen atoms in total. The van der Waals surface area contributed by atoms with Crippen LogP contribution in [0.15, 0.2) is 6.07 Å². The smallest absolute Gasteiger partial charge is 0.0302 e. The maximum atomic E-state index is 3.61. The second-order valence-corrected chi connectivity index (χ2v) is 8.13. The third-order valence-corrected chi connectivity index (χ3v) is 5.90. The lowest BCUT2D eigenvalue weighted by atomic mass is 10.2. The fraction of sp³-hybridized carbons (Fsp3) is 0.750. The van der Waals surface area contributed by atoms with E-state index in [4.69, 9.17) is 0 Å². The van der Waals surface area contributed by atoms with E-state index in [0.717, 1.165) is 19.1 Å². The first-order chi connectivity index (χ1) is 9.63. The van der Waals surface area contributed by atoms with Gasteiger partial charge in [-0.15, -0.1) is 11.3 Å². The standard InChI is InChI=1S/C16H28N2S2/c1-5-15(11-19-4)18(3)10-13-8-16(20-12(13)2)9-17-14-6-7-14/h8,14-15,17H,5-7,9-11H2,1-4H3. The van der Waals surface area contributed by atoms with E-state index < -0.39 is 0 Å². The van der Waals surface area contributed by atoms with Crippen molar-refractivity contribution in [2.45, 2.75) is 58.3 Å². The van der Waals surface area contributed by atoms with Crippen LogP contribution in [0.5, 0.6) is 0 Å². The summed E-state index contributed by atoms with van der Waals surface area (Å²) < 4.78 is 0. The topological polar surface area (TPSA) is 15.3 Å². The van der Waals surface area contributed by atoms with Crippen LogP contribution >= 0.6 is 23.1 Å². The van der Waals surface area contributed by atoms with Crippen LogP contribution in [0.2, 0.25) is 0 Å². The molecule has 1 saturated carbocycles. The second kappa shape index (κ2) is 7.83. The molecule has 114 valence electrons. The van der Waals surface area contributed by atoms with Crippen LogP contribution < -0.4 is 5.32 Å². The third kappa shape index (κ3) is 4.76.